The summed E-state index contributed by atoms with van der Waals surface area (Å²) < 4.78 is 24.2. The highest BCUT2D eigenvalue weighted by Crippen LogP contribution is 2.31. The highest BCUT2D eigenvalue weighted by Gasteiger charge is 2.07. The van der Waals surface area contributed by atoms with Gasteiger partial charge in [0.25, 0.3) is 0 Å². The lowest BCUT2D eigenvalue weighted by molar-refractivity contribution is 0.395. The fourth-order valence-electron chi connectivity index (χ4n) is 2.56. The predicted octanol–water partition coefficient (Wildman–Crippen LogP) is 4.03. The molecule has 0 aliphatic rings. The van der Waals surface area contributed by atoms with Gasteiger partial charge in [0.05, 0.1) is 19.9 Å². The standard InChI is InChI=1S/C20H21FN4O2/c1-26-15-7-8-17(18(13-15)27-2)24-19-10-12-23-20(25-19)22-11-9-14-5-3-4-6-16(14)21/h3-8,10,12-13H,9,11H2,1-2H3,(H2,22,23,24,25). The monoisotopic (exact) mass is 368 g/mol. The SMILES string of the molecule is COc1ccc(Nc2ccnc(NCCc3ccccc3F)n2)c(OC)c1. The molecule has 0 aliphatic heterocycles. The number of nitrogens with zero attached hydrogens (tertiary/aromatic N) is 2. The van der Waals surface area contributed by atoms with E-state index in [1.165, 1.54) is 6.07 Å². The Bertz CT molecular complexity index is 905. The first-order valence-corrected chi connectivity index (χ1v) is 8.49. The molecule has 3 aromatic rings. The van der Waals surface area contributed by atoms with Gasteiger partial charge in [-0.15, -0.1) is 0 Å². The highest BCUT2D eigenvalue weighted by molar-refractivity contribution is 5.66. The van der Waals surface area contributed by atoms with Crippen LogP contribution in [0.2, 0.25) is 0 Å². The lowest BCUT2D eigenvalue weighted by atomic mass is 10.1. The van der Waals surface area contributed by atoms with Gasteiger partial charge in [-0.25, -0.2) is 9.37 Å². The van der Waals surface area contributed by atoms with E-state index in [-0.39, 0.29) is 5.82 Å². The van der Waals surface area contributed by atoms with E-state index in [1.54, 1.807) is 44.7 Å². The molecule has 0 saturated heterocycles. The first-order valence-electron chi connectivity index (χ1n) is 8.49. The molecule has 0 saturated carbocycles. The number of nitrogens with one attached hydrogen (secondary N) is 2. The Morgan fingerprint density at radius 1 is 1.04 bits per heavy atom. The lowest BCUT2D eigenvalue weighted by Crippen LogP contribution is -2.09. The average Bonchev–Trinajstić information content (AvgIpc) is 2.70. The number of hydrogen-bond donors (Lipinski definition) is 2. The lowest BCUT2D eigenvalue weighted by Gasteiger charge is -2.12. The van der Waals surface area contributed by atoms with Crippen LogP contribution in [-0.4, -0.2) is 30.7 Å². The van der Waals surface area contributed by atoms with Crippen molar-refractivity contribution >= 4 is 17.5 Å². The van der Waals surface area contributed by atoms with Crippen LogP contribution in [0.15, 0.2) is 54.7 Å². The molecule has 0 amide bonds. The highest BCUT2D eigenvalue weighted by atomic mass is 19.1. The molecule has 2 N–H and O–H groups in total. The van der Waals surface area contributed by atoms with Crippen molar-refractivity contribution in [3.8, 4) is 11.5 Å². The molecule has 0 radical (unpaired) electrons. The molecule has 3 rings (SSSR count). The number of anilines is 3. The minimum atomic E-state index is -0.206. The van der Waals surface area contributed by atoms with Crippen molar-refractivity contribution in [2.75, 3.05) is 31.4 Å². The van der Waals surface area contributed by atoms with Crippen LogP contribution in [0.1, 0.15) is 5.56 Å². The average molecular weight is 368 g/mol. The van der Waals surface area contributed by atoms with Crippen molar-refractivity contribution in [3.05, 3.63) is 66.1 Å². The van der Waals surface area contributed by atoms with Crippen molar-refractivity contribution in [2.45, 2.75) is 6.42 Å². The molecule has 0 atom stereocenters. The Morgan fingerprint density at radius 2 is 1.89 bits per heavy atom. The number of rotatable bonds is 8. The number of ether oxygens (including phenoxy) is 2. The maximum atomic E-state index is 13.7. The Labute approximate surface area is 157 Å². The van der Waals surface area contributed by atoms with Crippen LogP contribution in [-0.2, 0) is 6.42 Å². The number of methoxy groups -OCH3 is 2. The van der Waals surface area contributed by atoms with Crippen molar-refractivity contribution < 1.29 is 13.9 Å². The van der Waals surface area contributed by atoms with Gasteiger partial charge in [-0.1, -0.05) is 18.2 Å². The summed E-state index contributed by atoms with van der Waals surface area (Å²) in [6, 6.07) is 14.0. The van der Waals surface area contributed by atoms with E-state index in [4.69, 9.17) is 9.47 Å². The van der Waals surface area contributed by atoms with Gasteiger partial charge in [-0.05, 0) is 36.2 Å². The summed E-state index contributed by atoms with van der Waals surface area (Å²) in [5.41, 5.74) is 1.41. The molecule has 0 bridgehead atoms. The number of halogens is 1. The Morgan fingerprint density at radius 3 is 2.67 bits per heavy atom. The van der Waals surface area contributed by atoms with Gasteiger partial charge < -0.3 is 20.1 Å². The molecule has 0 unspecified atom stereocenters. The van der Waals surface area contributed by atoms with E-state index >= 15 is 0 Å². The van der Waals surface area contributed by atoms with Crippen LogP contribution in [0.3, 0.4) is 0 Å². The van der Waals surface area contributed by atoms with Gasteiger partial charge in [-0.3, -0.25) is 0 Å². The summed E-state index contributed by atoms with van der Waals surface area (Å²) in [6.07, 6.45) is 2.19. The van der Waals surface area contributed by atoms with Crippen LogP contribution >= 0.6 is 0 Å². The normalized spacial score (nSPS) is 10.3. The largest absolute Gasteiger partial charge is 0.497 e. The van der Waals surface area contributed by atoms with E-state index in [0.29, 0.717) is 41.8 Å². The van der Waals surface area contributed by atoms with Crippen molar-refractivity contribution in [1.82, 2.24) is 9.97 Å². The van der Waals surface area contributed by atoms with E-state index in [2.05, 4.69) is 20.6 Å². The third kappa shape index (κ3) is 4.84. The molecule has 7 heteroatoms. The molecule has 0 aliphatic carbocycles. The second kappa shape index (κ2) is 8.84. The van der Waals surface area contributed by atoms with Gasteiger partial charge in [0, 0.05) is 18.8 Å². The van der Waals surface area contributed by atoms with Crippen molar-refractivity contribution in [2.24, 2.45) is 0 Å². The molecule has 27 heavy (non-hydrogen) atoms. The Balaban J connectivity index is 1.64. The van der Waals surface area contributed by atoms with Crippen LogP contribution in [0.25, 0.3) is 0 Å². The minimum Gasteiger partial charge on any atom is -0.497 e. The molecule has 6 nitrogen and oxygen atoms in total. The summed E-state index contributed by atoms with van der Waals surface area (Å²) in [4.78, 5) is 8.62. The maximum Gasteiger partial charge on any atom is 0.224 e. The zero-order valence-corrected chi connectivity index (χ0v) is 15.2. The molecule has 0 spiro atoms. The second-order valence-corrected chi connectivity index (χ2v) is 5.72. The first kappa shape index (κ1) is 18.4. The van der Waals surface area contributed by atoms with E-state index in [1.807, 2.05) is 18.2 Å². The van der Waals surface area contributed by atoms with Gasteiger partial charge in [0.1, 0.15) is 23.1 Å². The number of hydrogen-bond acceptors (Lipinski definition) is 6. The number of benzene rings is 2. The van der Waals surface area contributed by atoms with Crippen LogP contribution in [0.4, 0.5) is 21.8 Å². The van der Waals surface area contributed by atoms with Gasteiger partial charge in [0.2, 0.25) is 5.95 Å². The minimum absolute atomic E-state index is 0.206. The zero-order chi connectivity index (χ0) is 19.1. The third-order valence-electron chi connectivity index (χ3n) is 3.96. The Hall–Kier alpha value is -3.35. The quantitative estimate of drug-likeness (QED) is 0.626. The van der Waals surface area contributed by atoms with E-state index in [0.717, 1.165) is 5.69 Å². The summed E-state index contributed by atoms with van der Waals surface area (Å²) >= 11 is 0. The predicted molar refractivity (Wildman–Crippen MR) is 103 cm³/mol. The van der Waals surface area contributed by atoms with E-state index in [9.17, 15) is 4.39 Å². The molecular weight excluding hydrogens is 347 g/mol. The fraction of sp³-hybridized carbons (Fsp3) is 0.200. The van der Waals surface area contributed by atoms with E-state index < -0.39 is 0 Å². The Kier molecular flexibility index (Phi) is 6.04. The molecule has 2 aromatic carbocycles. The summed E-state index contributed by atoms with van der Waals surface area (Å²) in [5.74, 6) is 2.21. The smallest absolute Gasteiger partial charge is 0.224 e. The van der Waals surface area contributed by atoms with Gasteiger partial charge in [-0.2, -0.15) is 4.98 Å². The maximum absolute atomic E-state index is 13.7. The van der Waals surface area contributed by atoms with Crippen molar-refractivity contribution in [1.29, 1.82) is 0 Å². The second-order valence-electron chi connectivity index (χ2n) is 5.72. The number of aromatic nitrogens is 2. The fourth-order valence-corrected chi connectivity index (χ4v) is 2.56. The van der Waals surface area contributed by atoms with Crippen LogP contribution in [0.5, 0.6) is 11.5 Å². The third-order valence-corrected chi connectivity index (χ3v) is 3.96. The molecule has 140 valence electrons. The van der Waals surface area contributed by atoms with Crippen LogP contribution < -0.4 is 20.1 Å². The summed E-state index contributed by atoms with van der Waals surface area (Å²) in [5, 5.41) is 6.31. The molecule has 1 aromatic heterocycles. The topological polar surface area (TPSA) is 68.3 Å². The van der Waals surface area contributed by atoms with Crippen molar-refractivity contribution in [3.63, 3.8) is 0 Å². The zero-order valence-electron chi connectivity index (χ0n) is 15.2. The molecule has 1 heterocycles. The van der Waals surface area contributed by atoms with Crippen LogP contribution in [0, 0.1) is 5.82 Å². The summed E-state index contributed by atoms with van der Waals surface area (Å²) in [6.45, 7) is 0.524. The summed E-state index contributed by atoms with van der Waals surface area (Å²) in [7, 11) is 3.20. The first-order chi connectivity index (χ1) is 13.2. The molecular formula is C20H21FN4O2. The van der Waals surface area contributed by atoms with Gasteiger partial charge >= 0.3 is 0 Å². The van der Waals surface area contributed by atoms with Gasteiger partial charge in [0.15, 0.2) is 0 Å². The molecule has 0 fully saturated rings.